The third-order valence-corrected chi connectivity index (χ3v) is 9.84. The Morgan fingerprint density at radius 2 is 1.63 bits per heavy atom. The molecule has 2 aliphatic rings. The normalized spacial score (nSPS) is 19.4. The minimum atomic E-state index is -0.736. The molecule has 9 heteroatoms. The number of halogens is 2. The summed E-state index contributed by atoms with van der Waals surface area (Å²) >= 11 is 6.15. The molecular formula is C37H47ClFN5O2. The van der Waals surface area contributed by atoms with Crippen molar-refractivity contribution in [2.24, 2.45) is 0 Å². The van der Waals surface area contributed by atoms with Crippen LogP contribution in [0.2, 0.25) is 5.02 Å². The van der Waals surface area contributed by atoms with Crippen molar-refractivity contribution < 1.29 is 14.0 Å². The molecule has 7 nitrogen and oxygen atoms in total. The lowest BCUT2D eigenvalue weighted by Gasteiger charge is -2.42. The van der Waals surface area contributed by atoms with Crippen LogP contribution in [0, 0.1) is 5.82 Å². The van der Waals surface area contributed by atoms with Gasteiger partial charge in [-0.25, -0.2) is 4.39 Å². The van der Waals surface area contributed by atoms with Gasteiger partial charge in [-0.05, 0) is 68.2 Å². The Balaban J connectivity index is 1.31. The van der Waals surface area contributed by atoms with Crippen molar-refractivity contribution in [2.45, 2.75) is 64.2 Å². The number of likely N-dealkylation sites (N-methyl/N-ethyl adjacent to an activating group) is 1. The molecule has 2 amide bonds. The van der Waals surface area contributed by atoms with Crippen molar-refractivity contribution in [3.8, 4) is 0 Å². The van der Waals surface area contributed by atoms with Crippen LogP contribution in [0.15, 0.2) is 72.8 Å². The first kappa shape index (κ1) is 34.0. The molecule has 0 saturated carbocycles. The quantitative estimate of drug-likeness (QED) is 0.300. The van der Waals surface area contributed by atoms with Gasteiger partial charge in [0.2, 0.25) is 11.8 Å². The average molecular weight is 648 g/mol. The van der Waals surface area contributed by atoms with Crippen LogP contribution in [0.25, 0.3) is 0 Å². The summed E-state index contributed by atoms with van der Waals surface area (Å²) in [6, 6.07) is 21.3. The highest BCUT2D eigenvalue weighted by molar-refractivity contribution is 6.30. The highest BCUT2D eigenvalue weighted by Gasteiger charge is 2.38. The van der Waals surface area contributed by atoms with E-state index in [1.54, 1.807) is 18.2 Å². The molecule has 2 N–H and O–H groups in total. The molecule has 0 spiro atoms. The standard InChI is InChI=1S/C37H47ClFN5O2/c1-5-42(6-2)25-34(29-12-8-10-14-31(29)39)43-19-21-44(22-20-43)36(46)33(23-26-15-17-28(38)18-16-26)40-35(45)32-24-27-11-7-9-13-30(27)37(3,4)41-32/h7-18,32-34,41H,5-6,19-25H2,1-4H3,(H,40,45)/t32?,33-,34?/m1/s1. The number of nitrogens with zero attached hydrogens (tertiary/aromatic N) is 3. The zero-order valence-electron chi connectivity index (χ0n) is 27.4. The molecule has 2 heterocycles. The molecule has 2 unspecified atom stereocenters. The van der Waals surface area contributed by atoms with Gasteiger partial charge >= 0.3 is 0 Å². The summed E-state index contributed by atoms with van der Waals surface area (Å²) < 4.78 is 15.0. The van der Waals surface area contributed by atoms with Gasteiger partial charge in [0.05, 0.1) is 12.1 Å². The Morgan fingerprint density at radius 3 is 2.30 bits per heavy atom. The molecule has 3 aromatic carbocycles. The molecule has 46 heavy (non-hydrogen) atoms. The van der Waals surface area contributed by atoms with Gasteiger partial charge in [-0.15, -0.1) is 0 Å². The SMILES string of the molecule is CCN(CC)CC(c1ccccc1F)N1CCN(C(=O)[C@@H](Cc2ccc(Cl)cc2)NC(=O)C2Cc3ccccc3C(C)(C)N2)CC1. The molecule has 0 aromatic heterocycles. The highest BCUT2D eigenvalue weighted by Crippen LogP contribution is 2.30. The van der Waals surface area contributed by atoms with Crippen LogP contribution >= 0.6 is 11.6 Å². The lowest BCUT2D eigenvalue weighted by molar-refractivity contribution is -0.138. The van der Waals surface area contributed by atoms with Crippen LogP contribution in [0.4, 0.5) is 4.39 Å². The van der Waals surface area contributed by atoms with E-state index in [2.05, 4.69) is 60.3 Å². The Labute approximate surface area is 278 Å². The van der Waals surface area contributed by atoms with Crippen LogP contribution in [-0.2, 0) is 28.0 Å². The average Bonchev–Trinajstić information content (AvgIpc) is 3.06. The zero-order valence-corrected chi connectivity index (χ0v) is 28.2. The van der Waals surface area contributed by atoms with Crippen molar-refractivity contribution in [1.29, 1.82) is 0 Å². The topological polar surface area (TPSA) is 67.9 Å². The van der Waals surface area contributed by atoms with E-state index in [4.69, 9.17) is 11.6 Å². The van der Waals surface area contributed by atoms with Gasteiger partial charge in [0.1, 0.15) is 11.9 Å². The molecule has 3 aromatic rings. The largest absolute Gasteiger partial charge is 0.343 e. The lowest BCUT2D eigenvalue weighted by atomic mass is 9.82. The van der Waals surface area contributed by atoms with E-state index in [1.807, 2.05) is 41.3 Å². The van der Waals surface area contributed by atoms with E-state index in [1.165, 1.54) is 11.6 Å². The Hall–Kier alpha value is -3.30. The number of carbonyl (C=O) groups is 2. The molecule has 246 valence electrons. The zero-order chi connectivity index (χ0) is 32.8. The smallest absolute Gasteiger partial charge is 0.245 e. The number of carbonyl (C=O) groups excluding carboxylic acids is 2. The fraction of sp³-hybridized carbons (Fsp3) is 0.459. The van der Waals surface area contributed by atoms with E-state index in [9.17, 15) is 9.59 Å². The number of nitrogens with one attached hydrogen (secondary N) is 2. The molecule has 5 rings (SSSR count). The first-order valence-electron chi connectivity index (χ1n) is 16.5. The monoisotopic (exact) mass is 647 g/mol. The van der Waals surface area contributed by atoms with Gasteiger partial charge in [0.15, 0.2) is 0 Å². The number of benzene rings is 3. The molecule has 0 aliphatic carbocycles. The number of amides is 2. The maximum atomic E-state index is 15.0. The summed E-state index contributed by atoms with van der Waals surface area (Å²) in [7, 11) is 0. The second-order valence-corrected chi connectivity index (χ2v) is 13.4. The second kappa shape index (κ2) is 15.1. The Bertz CT molecular complexity index is 1490. The third kappa shape index (κ3) is 7.97. The first-order valence-corrected chi connectivity index (χ1v) is 16.9. The fourth-order valence-corrected chi connectivity index (χ4v) is 7.06. The summed E-state index contributed by atoms with van der Waals surface area (Å²) in [4.78, 5) is 34.4. The van der Waals surface area contributed by atoms with Gasteiger partial charge in [-0.1, -0.05) is 80.0 Å². The molecule has 1 saturated heterocycles. The number of fused-ring (bicyclic) bond motifs is 1. The number of hydrogen-bond acceptors (Lipinski definition) is 5. The highest BCUT2D eigenvalue weighted by atomic mass is 35.5. The molecule has 0 bridgehead atoms. The summed E-state index contributed by atoms with van der Waals surface area (Å²) in [6.45, 7) is 13.1. The van der Waals surface area contributed by atoms with Gasteiger partial charge in [0.25, 0.3) is 0 Å². The molecule has 1 fully saturated rings. The van der Waals surface area contributed by atoms with Gasteiger partial charge in [-0.3, -0.25) is 19.8 Å². The van der Waals surface area contributed by atoms with Crippen molar-refractivity contribution in [3.63, 3.8) is 0 Å². The van der Waals surface area contributed by atoms with Gasteiger partial charge < -0.3 is 15.1 Å². The third-order valence-electron chi connectivity index (χ3n) is 9.59. The minimum Gasteiger partial charge on any atom is -0.343 e. The van der Waals surface area contributed by atoms with Crippen LogP contribution in [0.1, 0.15) is 56.0 Å². The van der Waals surface area contributed by atoms with Crippen LogP contribution in [0.5, 0.6) is 0 Å². The van der Waals surface area contributed by atoms with Crippen LogP contribution in [0.3, 0.4) is 0 Å². The van der Waals surface area contributed by atoms with Crippen molar-refractivity contribution in [1.82, 2.24) is 25.3 Å². The van der Waals surface area contributed by atoms with Crippen molar-refractivity contribution in [2.75, 3.05) is 45.8 Å². The first-order chi connectivity index (χ1) is 22.1. The summed E-state index contributed by atoms with van der Waals surface area (Å²) in [6.07, 6.45) is 0.907. The van der Waals surface area contributed by atoms with E-state index in [-0.39, 0.29) is 29.2 Å². The predicted molar refractivity (Wildman–Crippen MR) is 182 cm³/mol. The van der Waals surface area contributed by atoms with Gasteiger partial charge in [-0.2, -0.15) is 0 Å². The van der Waals surface area contributed by atoms with E-state index >= 15 is 4.39 Å². The summed E-state index contributed by atoms with van der Waals surface area (Å²) in [5.74, 6) is -0.497. The fourth-order valence-electron chi connectivity index (χ4n) is 6.94. The predicted octanol–water partition coefficient (Wildman–Crippen LogP) is 5.18. The van der Waals surface area contributed by atoms with E-state index < -0.39 is 12.1 Å². The van der Waals surface area contributed by atoms with E-state index in [0.29, 0.717) is 56.2 Å². The number of hydrogen-bond donors (Lipinski definition) is 2. The maximum Gasteiger partial charge on any atom is 0.245 e. The van der Waals surface area contributed by atoms with Gasteiger partial charge in [0, 0.05) is 55.3 Å². The summed E-state index contributed by atoms with van der Waals surface area (Å²) in [5.41, 5.74) is 3.54. The minimum absolute atomic E-state index is 0.107. The molecule has 0 radical (unpaired) electrons. The van der Waals surface area contributed by atoms with Crippen LogP contribution in [-0.4, -0.2) is 84.4 Å². The number of piperazine rings is 1. The molecule has 2 aliphatic heterocycles. The lowest BCUT2D eigenvalue weighted by Crippen LogP contribution is -2.60. The Kier molecular flexibility index (Phi) is 11.2. The Morgan fingerprint density at radius 1 is 0.978 bits per heavy atom. The summed E-state index contributed by atoms with van der Waals surface area (Å²) in [5, 5.41) is 7.26. The second-order valence-electron chi connectivity index (χ2n) is 13.0. The van der Waals surface area contributed by atoms with Crippen molar-refractivity contribution in [3.05, 3.63) is 106 Å². The number of rotatable bonds is 11. The molecule has 3 atom stereocenters. The van der Waals surface area contributed by atoms with Crippen molar-refractivity contribution >= 4 is 23.4 Å². The van der Waals surface area contributed by atoms with E-state index in [0.717, 1.165) is 24.2 Å². The maximum absolute atomic E-state index is 15.0. The molecular weight excluding hydrogens is 601 g/mol. The van der Waals surface area contributed by atoms with Crippen LogP contribution < -0.4 is 10.6 Å².